The molecule has 0 spiro atoms. The number of Topliss-reactive ketones (excluding diaryl/α,β-unsaturated/α-hetero) is 1. The molecule has 0 unspecified atom stereocenters. The van der Waals surface area contributed by atoms with E-state index in [1.54, 1.807) is 0 Å². The minimum absolute atomic E-state index is 0.0364. The molecule has 1 rings (SSSR count). The van der Waals surface area contributed by atoms with Crippen LogP contribution in [0.2, 0.25) is 0 Å². The Morgan fingerprint density at radius 1 is 1.44 bits per heavy atom. The zero-order valence-electron chi connectivity index (χ0n) is 10.2. The number of hydrogen-bond donors (Lipinski definition) is 3. The molecule has 1 amide bonds. The largest absolute Gasteiger partial charge is 0.510 e. The molecule has 18 heavy (non-hydrogen) atoms. The maximum atomic E-state index is 11.4. The maximum Gasteiger partial charge on any atom is 0.271 e. The molecular weight excluding hydrogens is 238 g/mol. The second-order valence-corrected chi connectivity index (χ2v) is 3.37. The van der Waals surface area contributed by atoms with Crippen molar-refractivity contribution in [2.75, 3.05) is 7.05 Å². The molecule has 1 aromatic rings. The zero-order valence-corrected chi connectivity index (χ0v) is 10.2. The molecule has 0 saturated heterocycles. The van der Waals surface area contributed by atoms with Crippen LogP contribution in [0, 0.1) is 0 Å². The Kier molecular flexibility index (Phi) is 4.30. The van der Waals surface area contributed by atoms with Crippen molar-refractivity contribution in [3.05, 3.63) is 23.5 Å². The highest BCUT2D eigenvalue weighted by Crippen LogP contribution is 2.16. The molecule has 3 N–H and O–H groups in total. The fraction of sp³-hybridized carbons (Fsp3) is 0.300. The molecule has 0 radical (unpaired) electrons. The molecule has 8 heteroatoms. The van der Waals surface area contributed by atoms with E-state index in [1.165, 1.54) is 27.2 Å². The topological polar surface area (TPSA) is 120 Å². The number of H-pyrrole nitrogens is 1. The summed E-state index contributed by atoms with van der Waals surface area (Å²) in [5, 5.41) is 18.9. The van der Waals surface area contributed by atoms with E-state index < -0.39 is 11.7 Å². The highest BCUT2D eigenvalue weighted by molar-refractivity contribution is 5.96. The number of aromatic nitrogens is 2. The van der Waals surface area contributed by atoms with Gasteiger partial charge in [0.1, 0.15) is 5.76 Å². The first-order valence-electron chi connectivity index (χ1n) is 5.05. The molecule has 1 aromatic heterocycles. The number of allylic oxidation sites excluding steroid dienone is 2. The quantitative estimate of drug-likeness (QED) is 0.423. The van der Waals surface area contributed by atoms with Crippen molar-refractivity contribution in [1.29, 1.82) is 0 Å². The number of imidazole rings is 1. The van der Waals surface area contributed by atoms with E-state index in [1.807, 2.05) is 0 Å². The van der Waals surface area contributed by atoms with E-state index in [4.69, 9.17) is 0 Å². The molecule has 0 bridgehead atoms. The van der Waals surface area contributed by atoms with Crippen LogP contribution in [0.15, 0.2) is 28.0 Å². The highest BCUT2D eigenvalue weighted by atomic mass is 16.3. The van der Waals surface area contributed by atoms with Crippen molar-refractivity contribution in [3.63, 3.8) is 0 Å². The van der Waals surface area contributed by atoms with E-state index >= 15 is 0 Å². The Bertz CT molecular complexity index is 525. The van der Waals surface area contributed by atoms with Gasteiger partial charge in [-0.15, -0.1) is 10.2 Å². The number of amides is 1. The number of nitrogens with one attached hydrogen (secondary N) is 2. The number of carbonyl (C=O) groups is 2. The Balaban J connectivity index is 3.05. The first kappa shape index (κ1) is 13.6. The monoisotopic (exact) mass is 251 g/mol. The van der Waals surface area contributed by atoms with Gasteiger partial charge >= 0.3 is 0 Å². The molecule has 0 fully saturated rings. The molecule has 0 aliphatic rings. The average molecular weight is 251 g/mol. The molecule has 96 valence electrons. The third-order valence-corrected chi connectivity index (χ3v) is 1.99. The summed E-state index contributed by atoms with van der Waals surface area (Å²) in [6.45, 7) is 2.57. The van der Waals surface area contributed by atoms with Gasteiger partial charge in [0.15, 0.2) is 17.2 Å². The second kappa shape index (κ2) is 5.71. The highest BCUT2D eigenvalue weighted by Gasteiger charge is 2.13. The number of aliphatic hydroxyl groups excluding tert-OH is 1. The Morgan fingerprint density at radius 2 is 2.11 bits per heavy atom. The van der Waals surface area contributed by atoms with Gasteiger partial charge in [0, 0.05) is 14.0 Å². The fourth-order valence-corrected chi connectivity index (χ4v) is 1.15. The van der Waals surface area contributed by atoms with Gasteiger partial charge in [-0.05, 0) is 6.92 Å². The number of aliphatic hydroxyl groups is 1. The number of ketones is 1. The fourth-order valence-electron chi connectivity index (χ4n) is 1.15. The average Bonchev–Trinajstić information content (AvgIpc) is 2.75. The molecule has 0 aliphatic heterocycles. The number of azo groups is 1. The van der Waals surface area contributed by atoms with Gasteiger partial charge in [-0.3, -0.25) is 9.59 Å². The summed E-state index contributed by atoms with van der Waals surface area (Å²) in [6, 6.07) is 0. The third-order valence-electron chi connectivity index (χ3n) is 1.99. The Morgan fingerprint density at radius 3 is 2.61 bits per heavy atom. The summed E-state index contributed by atoms with van der Waals surface area (Å²) >= 11 is 0. The summed E-state index contributed by atoms with van der Waals surface area (Å²) in [7, 11) is 1.46. The summed E-state index contributed by atoms with van der Waals surface area (Å²) in [5.74, 6) is -1.05. The summed E-state index contributed by atoms with van der Waals surface area (Å²) in [5.41, 5.74) is -0.0550. The number of nitrogens with zero attached hydrogens (tertiary/aromatic N) is 3. The van der Waals surface area contributed by atoms with Crippen LogP contribution >= 0.6 is 0 Å². The minimum Gasteiger partial charge on any atom is -0.510 e. The lowest BCUT2D eigenvalue weighted by Crippen LogP contribution is -2.18. The molecule has 1 heterocycles. The lowest BCUT2D eigenvalue weighted by molar-refractivity contribution is -0.113. The van der Waals surface area contributed by atoms with Crippen LogP contribution in [0.25, 0.3) is 0 Å². The van der Waals surface area contributed by atoms with Gasteiger partial charge < -0.3 is 15.4 Å². The molecule has 0 saturated carbocycles. The SMILES string of the molecule is CNC(=O)c1[nH]cnc1N=N/C(C(C)=O)=C(\C)O. The van der Waals surface area contributed by atoms with Crippen LogP contribution < -0.4 is 5.32 Å². The normalized spacial score (nSPS) is 12.4. The molecule has 0 aromatic carbocycles. The van der Waals surface area contributed by atoms with Crippen molar-refractivity contribution < 1.29 is 14.7 Å². The van der Waals surface area contributed by atoms with Crippen LogP contribution in [-0.4, -0.2) is 33.8 Å². The lowest BCUT2D eigenvalue weighted by Gasteiger charge is -1.97. The van der Waals surface area contributed by atoms with Crippen molar-refractivity contribution in [1.82, 2.24) is 15.3 Å². The van der Waals surface area contributed by atoms with E-state index in [0.29, 0.717) is 0 Å². The first-order valence-corrected chi connectivity index (χ1v) is 5.05. The van der Waals surface area contributed by atoms with Crippen LogP contribution in [0.3, 0.4) is 0 Å². The van der Waals surface area contributed by atoms with Crippen LogP contribution in [0.1, 0.15) is 24.3 Å². The first-order chi connectivity index (χ1) is 8.47. The van der Waals surface area contributed by atoms with Gasteiger partial charge in [0.25, 0.3) is 5.91 Å². The van der Waals surface area contributed by atoms with Gasteiger partial charge in [-0.1, -0.05) is 0 Å². The lowest BCUT2D eigenvalue weighted by atomic mass is 10.3. The Labute approximate surface area is 103 Å². The van der Waals surface area contributed by atoms with Crippen molar-refractivity contribution in [2.45, 2.75) is 13.8 Å². The maximum absolute atomic E-state index is 11.4. The number of rotatable bonds is 4. The number of aromatic amines is 1. The Hall–Kier alpha value is -2.51. The molecule has 0 aliphatic carbocycles. The van der Waals surface area contributed by atoms with Gasteiger partial charge in [-0.2, -0.15) is 0 Å². The van der Waals surface area contributed by atoms with E-state index in [-0.39, 0.29) is 23.0 Å². The van der Waals surface area contributed by atoms with Crippen molar-refractivity contribution in [3.8, 4) is 0 Å². The van der Waals surface area contributed by atoms with Gasteiger partial charge in [-0.25, -0.2) is 4.98 Å². The number of hydrogen-bond acceptors (Lipinski definition) is 6. The summed E-state index contributed by atoms with van der Waals surface area (Å²) in [6.07, 6.45) is 1.28. The standard InChI is InChI=1S/C10H13N5O3/c1-5(16)7(6(2)17)14-15-9-8(10(18)11-3)12-4-13-9/h4,16H,1-3H3,(H,11,18)(H,12,13)/b7-5+,15-14?. The molecule has 0 atom stereocenters. The van der Waals surface area contributed by atoms with Crippen molar-refractivity contribution >= 4 is 17.5 Å². The van der Waals surface area contributed by atoms with Gasteiger partial charge in [0.05, 0.1) is 6.33 Å². The predicted molar refractivity (Wildman–Crippen MR) is 62.5 cm³/mol. The van der Waals surface area contributed by atoms with E-state index in [9.17, 15) is 14.7 Å². The summed E-state index contributed by atoms with van der Waals surface area (Å²) < 4.78 is 0. The molecule has 8 nitrogen and oxygen atoms in total. The second-order valence-electron chi connectivity index (χ2n) is 3.37. The number of carbonyl (C=O) groups excluding carboxylic acids is 2. The van der Waals surface area contributed by atoms with Crippen LogP contribution in [0.5, 0.6) is 0 Å². The van der Waals surface area contributed by atoms with Crippen molar-refractivity contribution in [2.24, 2.45) is 10.2 Å². The molecular formula is C10H13N5O3. The summed E-state index contributed by atoms with van der Waals surface area (Å²) in [4.78, 5) is 28.9. The van der Waals surface area contributed by atoms with E-state index in [2.05, 4.69) is 25.5 Å². The van der Waals surface area contributed by atoms with E-state index in [0.717, 1.165) is 0 Å². The van der Waals surface area contributed by atoms with Crippen LogP contribution in [0.4, 0.5) is 5.82 Å². The van der Waals surface area contributed by atoms with Crippen LogP contribution in [-0.2, 0) is 4.79 Å². The minimum atomic E-state index is -0.434. The zero-order chi connectivity index (χ0) is 13.7. The third kappa shape index (κ3) is 3.00. The smallest absolute Gasteiger partial charge is 0.271 e. The van der Waals surface area contributed by atoms with Gasteiger partial charge in [0.2, 0.25) is 5.82 Å². The predicted octanol–water partition coefficient (Wildman–Crippen LogP) is 1.23.